The van der Waals surface area contributed by atoms with Crippen LogP contribution in [0.15, 0.2) is 18.2 Å². The first-order chi connectivity index (χ1) is 7.69. The zero-order valence-electron chi connectivity index (χ0n) is 10.3. The fraction of sp³-hybridized carbons (Fsp3) is 0.538. The number of methoxy groups -OCH3 is 1. The third-order valence-electron chi connectivity index (χ3n) is 2.44. The van der Waals surface area contributed by atoms with Crippen molar-refractivity contribution in [1.82, 2.24) is 0 Å². The van der Waals surface area contributed by atoms with Gasteiger partial charge in [0.15, 0.2) is 0 Å². The second-order valence-electron chi connectivity index (χ2n) is 3.94. The molecule has 0 aliphatic rings. The highest BCUT2D eigenvalue weighted by Gasteiger charge is 2.05. The zero-order valence-corrected chi connectivity index (χ0v) is 10.3. The first kappa shape index (κ1) is 12.8. The maximum atomic E-state index is 5.80. The van der Waals surface area contributed by atoms with E-state index in [2.05, 4.69) is 13.8 Å². The number of hydrogen-bond acceptors (Lipinski definition) is 3. The topological polar surface area (TPSA) is 44.5 Å². The van der Waals surface area contributed by atoms with E-state index >= 15 is 0 Å². The number of hydrogen-bond donors (Lipinski definition) is 1. The Hall–Kier alpha value is -1.22. The molecule has 0 fully saturated rings. The fourth-order valence-corrected chi connectivity index (χ4v) is 1.63. The third kappa shape index (κ3) is 3.74. The summed E-state index contributed by atoms with van der Waals surface area (Å²) < 4.78 is 11.0. The van der Waals surface area contributed by atoms with Gasteiger partial charge in [-0.3, -0.25) is 0 Å². The summed E-state index contributed by atoms with van der Waals surface area (Å²) in [5.41, 5.74) is 6.65. The molecular formula is C13H21NO2. The van der Waals surface area contributed by atoms with E-state index in [9.17, 15) is 0 Å². The summed E-state index contributed by atoms with van der Waals surface area (Å²) in [4.78, 5) is 0. The quantitative estimate of drug-likeness (QED) is 0.806. The van der Waals surface area contributed by atoms with Crippen LogP contribution >= 0.6 is 0 Å². The summed E-state index contributed by atoms with van der Waals surface area (Å²) in [6.45, 7) is 4.72. The molecule has 1 atom stereocenters. The molecule has 0 heterocycles. The lowest BCUT2D eigenvalue weighted by atomic mass is 10.2. The fourth-order valence-electron chi connectivity index (χ4n) is 1.63. The summed E-state index contributed by atoms with van der Waals surface area (Å²) in [5.74, 6) is 1.63. The van der Waals surface area contributed by atoms with Gasteiger partial charge in [-0.2, -0.15) is 0 Å². The van der Waals surface area contributed by atoms with Gasteiger partial charge in [-0.15, -0.1) is 0 Å². The molecule has 0 radical (unpaired) electrons. The molecule has 1 aromatic carbocycles. The second kappa shape index (κ2) is 6.38. The van der Waals surface area contributed by atoms with E-state index < -0.39 is 0 Å². The molecule has 0 saturated carbocycles. The molecule has 0 aliphatic heterocycles. The minimum Gasteiger partial charge on any atom is -0.497 e. The number of rotatable bonds is 6. The van der Waals surface area contributed by atoms with Crippen molar-refractivity contribution >= 4 is 0 Å². The third-order valence-corrected chi connectivity index (χ3v) is 2.44. The van der Waals surface area contributed by atoms with E-state index in [0.29, 0.717) is 6.54 Å². The number of benzene rings is 1. The molecule has 0 aliphatic carbocycles. The molecule has 1 unspecified atom stereocenters. The van der Waals surface area contributed by atoms with Gasteiger partial charge < -0.3 is 15.2 Å². The highest BCUT2D eigenvalue weighted by Crippen LogP contribution is 2.24. The zero-order chi connectivity index (χ0) is 12.0. The average Bonchev–Trinajstić information content (AvgIpc) is 2.28. The Balaban J connectivity index is 2.78. The van der Waals surface area contributed by atoms with Crippen molar-refractivity contribution in [1.29, 1.82) is 0 Å². The van der Waals surface area contributed by atoms with Gasteiger partial charge in [0.25, 0.3) is 0 Å². The Morgan fingerprint density at radius 3 is 2.50 bits per heavy atom. The Morgan fingerprint density at radius 1 is 1.25 bits per heavy atom. The van der Waals surface area contributed by atoms with Crippen molar-refractivity contribution in [3.05, 3.63) is 23.8 Å². The molecule has 1 rings (SSSR count). The molecule has 3 nitrogen and oxygen atoms in total. The Labute approximate surface area is 97.6 Å². The van der Waals surface area contributed by atoms with Crippen LogP contribution < -0.4 is 15.2 Å². The Bertz CT molecular complexity index is 303. The van der Waals surface area contributed by atoms with Crippen molar-refractivity contribution in [3.8, 4) is 11.5 Å². The molecule has 0 saturated heterocycles. The van der Waals surface area contributed by atoms with Crippen LogP contribution in [0.4, 0.5) is 0 Å². The number of ether oxygens (including phenoxy) is 2. The molecule has 1 aromatic rings. The van der Waals surface area contributed by atoms with Crippen LogP contribution in [0.3, 0.4) is 0 Å². The van der Waals surface area contributed by atoms with E-state index in [-0.39, 0.29) is 6.10 Å². The molecule has 0 spiro atoms. The lowest BCUT2D eigenvalue weighted by Crippen LogP contribution is -2.11. The molecule has 16 heavy (non-hydrogen) atoms. The molecular weight excluding hydrogens is 202 g/mol. The van der Waals surface area contributed by atoms with Crippen molar-refractivity contribution in [2.75, 3.05) is 7.11 Å². The first-order valence-corrected chi connectivity index (χ1v) is 5.74. The molecule has 2 N–H and O–H groups in total. The highest BCUT2D eigenvalue weighted by atomic mass is 16.5. The predicted octanol–water partition coefficient (Wildman–Crippen LogP) is 2.72. The van der Waals surface area contributed by atoms with Crippen LogP contribution in [0.2, 0.25) is 0 Å². The predicted molar refractivity (Wildman–Crippen MR) is 65.9 cm³/mol. The normalized spacial score (nSPS) is 12.2. The van der Waals surface area contributed by atoms with Gasteiger partial charge >= 0.3 is 0 Å². The first-order valence-electron chi connectivity index (χ1n) is 5.74. The molecule has 3 heteroatoms. The highest BCUT2D eigenvalue weighted by molar-refractivity contribution is 5.38. The lowest BCUT2D eigenvalue weighted by Gasteiger charge is -2.15. The minimum absolute atomic E-state index is 0.225. The van der Waals surface area contributed by atoms with E-state index in [1.807, 2.05) is 18.2 Å². The van der Waals surface area contributed by atoms with Gasteiger partial charge in [-0.25, -0.2) is 0 Å². The van der Waals surface area contributed by atoms with E-state index in [1.165, 1.54) is 0 Å². The summed E-state index contributed by atoms with van der Waals surface area (Å²) in [6, 6.07) is 5.79. The SMILES string of the molecule is CCCC(C)Oc1cc(CN)cc(OC)c1. The summed E-state index contributed by atoms with van der Waals surface area (Å²) in [6.07, 6.45) is 2.40. The van der Waals surface area contributed by atoms with E-state index in [0.717, 1.165) is 29.9 Å². The van der Waals surface area contributed by atoms with Gasteiger partial charge in [0.05, 0.1) is 13.2 Å². The van der Waals surface area contributed by atoms with Gasteiger partial charge in [-0.1, -0.05) is 13.3 Å². The molecule has 0 aromatic heterocycles. The van der Waals surface area contributed by atoms with Crippen LogP contribution in [0, 0.1) is 0 Å². The van der Waals surface area contributed by atoms with Gasteiger partial charge in [0.2, 0.25) is 0 Å². The van der Waals surface area contributed by atoms with Crippen LogP contribution in [-0.4, -0.2) is 13.2 Å². The van der Waals surface area contributed by atoms with Crippen molar-refractivity contribution in [3.63, 3.8) is 0 Å². The smallest absolute Gasteiger partial charge is 0.123 e. The Morgan fingerprint density at radius 2 is 1.94 bits per heavy atom. The summed E-state index contributed by atoms with van der Waals surface area (Å²) >= 11 is 0. The van der Waals surface area contributed by atoms with E-state index in [4.69, 9.17) is 15.2 Å². The van der Waals surface area contributed by atoms with Crippen LogP contribution in [0.5, 0.6) is 11.5 Å². The molecule has 90 valence electrons. The van der Waals surface area contributed by atoms with E-state index in [1.54, 1.807) is 7.11 Å². The van der Waals surface area contributed by atoms with Crippen molar-refractivity contribution in [2.45, 2.75) is 39.3 Å². The van der Waals surface area contributed by atoms with Gasteiger partial charge in [-0.05, 0) is 31.0 Å². The Kier molecular flexibility index (Phi) is 5.12. The number of nitrogens with two attached hydrogens (primary N) is 1. The van der Waals surface area contributed by atoms with Gasteiger partial charge in [0, 0.05) is 12.6 Å². The van der Waals surface area contributed by atoms with Crippen LogP contribution in [0.1, 0.15) is 32.3 Å². The largest absolute Gasteiger partial charge is 0.497 e. The maximum absolute atomic E-state index is 5.80. The maximum Gasteiger partial charge on any atom is 0.123 e. The monoisotopic (exact) mass is 223 g/mol. The van der Waals surface area contributed by atoms with Crippen molar-refractivity contribution < 1.29 is 9.47 Å². The lowest BCUT2D eigenvalue weighted by molar-refractivity contribution is 0.209. The van der Waals surface area contributed by atoms with Gasteiger partial charge in [0.1, 0.15) is 11.5 Å². The van der Waals surface area contributed by atoms with Crippen molar-refractivity contribution in [2.24, 2.45) is 5.73 Å². The minimum atomic E-state index is 0.225. The molecule has 0 bridgehead atoms. The van der Waals surface area contributed by atoms with Crippen LogP contribution in [0.25, 0.3) is 0 Å². The summed E-state index contributed by atoms with van der Waals surface area (Å²) in [7, 11) is 1.65. The second-order valence-corrected chi connectivity index (χ2v) is 3.94. The summed E-state index contributed by atoms with van der Waals surface area (Å²) in [5, 5.41) is 0. The average molecular weight is 223 g/mol. The standard InChI is InChI=1S/C13H21NO2/c1-4-5-10(2)16-13-7-11(9-14)6-12(8-13)15-3/h6-8,10H,4-5,9,14H2,1-3H3. The molecule has 0 amide bonds. The van der Waals surface area contributed by atoms with Crippen LogP contribution in [-0.2, 0) is 6.54 Å².